The lowest BCUT2D eigenvalue weighted by Gasteiger charge is -2.16. The molecular weight excluding hydrogens is 268 g/mol. The normalized spacial score (nSPS) is 18.9. The number of carbonyl (C=O) groups excluding carboxylic acids is 1. The lowest BCUT2D eigenvalue weighted by molar-refractivity contribution is 0.236. The minimum absolute atomic E-state index is 0.0876. The molecule has 4 N–H and O–H groups in total. The fourth-order valence-electron chi connectivity index (χ4n) is 2.48. The maximum Gasteiger partial charge on any atom is 0.314 e. The van der Waals surface area contributed by atoms with Crippen LogP contribution >= 0.6 is 0 Å². The zero-order valence-electron chi connectivity index (χ0n) is 12.7. The number of urea groups is 1. The van der Waals surface area contributed by atoms with Crippen molar-refractivity contribution in [1.29, 1.82) is 0 Å². The van der Waals surface area contributed by atoms with Crippen molar-refractivity contribution < 1.29 is 4.79 Å². The molecular formula is C14H24N6O. The van der Waals surface area contributed by atoms with Gasteiger partial charge in [-0.15, -0.1) is 0 Å². The topological polar surface area (TPSA) is 96.2 Å². The molecule has 1 aromatic rings. The molecule has 1 atom stereocenters. The molecule has 0 radical (unpaired) electrons. The molecule has 0 unspecified atom stereocenters. The number of nitrogens with one attached hydrogen (secondary N) is 2. The molecule has 1 saturated heterocycles. The zero-order valence-corrected chi connectivity index (χ0v) is 12.7. The summed E-state index contributed by atoms with van der Waals surface area (Å²) in [4.78, 5) is 21.9. The number of carbonyl (C=O) groups is 1. The molecule has 2 amide bonds. The van der Waals surface area contributed by atoms with Gasteiger partial charge in [0.25, 0.3) is 0 Å². The number of hydrogen-bond acceptors (Lipinski definition) is 5. The number of hydrogen-bond donors (Lipinski definition) is 3. The second-order valence-corrected chi connectivity index (χ2v) is 5.85. The molecule has 0 aromatic carbocycles. The van der Waals surface area contributed by atoms with E-state index in [1.807, 2.05) is 13.8 Å². The van der Waals surface area contributed by atoms with Crippen LogP contribution in [-0.4, -0.2) is 46.6 Å². The summed E-state index contributed by atoms with van der Waals surface area (Å²) in [6, 6.07) is 0.0750. The van der Waals surface area contributed by atoms with Gasteiger partial charge in [-0.05, 0) is 32.7 Å². The third kappa shape index (κ3) is 5.18. The lowest BCUT2D eigenvalue weighted by Crippen LogP contribution is -2.41. The Morgan fingerprint density at radius 3 is 2.86 bits per heavy atom. The quantitative estimate of drug-likeness (QED) is 0.738. The first-order valence-electron chi connectivity index (χ1n) is 7.36. The molecule has 21 heavy (non-hydrogen) atoms. The van der Waals surface area contributed by atoms with E-state index in [9.17, 15) is 4.79 Å². The third-order valence-electron chi connectivity index (χ3n) is 3.47. The van der Waals surface area contributed by atoms with E-state index < -0.39 is 0 Å². The fraction of sp³-hybridized carbons (Fsp3) is 0.643. The predicted molar refractivity (Wildman–Crippen MR) is 81.5 cm³/mol. The van der Waals surface area contributed by atoms with Crippen molar-refractivity contribution in [1.82, 2.24) is 25.5 Å². The molecule has 1 aliphatic heterocycles. The number of nitrogens with two attached hydrogens (primary N) is 1. The first-order valence-corrected chi connectivity index (χ1v) is 7.36. The van der Waals surface area contributed by atoms with Gasteiger partial charge in [0.05, 0.1) is 0 Å². The first-order chi connectivity index (χ1) is 10.0. The number of aromatic nitrogens is 2. The van der Waals surface area contributed by atoms with E-state index in [1.54, 1.807) is 12.4 Å². The van der Waals surface area contributed by atoms with Gasteiger partial charge in [-0.3, -0.25) is 4.90 Å². The van der Waals surface area contributed by atoms with E-state index in [0.29, 0.717) is 18.4 Å². The smallest absolute Gasteiger partial charge is 0.314 e. The Hall–Kier alpha value is -1.89. The number of rotatable bonds is 5. The second-order valence-electron chi connectivity index (χ2n) is 5.85. The van der Waals surface area contributed by atoms with Gasteiger partial charge in [0.1, 0.15) is 0 Å². The largest absolute Gasteiger partial charge is 0.368 e. The highest BCUT2D eigenvalue weighted by molar-refractivity contribution is 5.74. The van der Waals surface area contributed by atoms with E-state index in [4.69, 9.17) is 5.73 Å². The van der Waals surface area contributed by atoms with Crippen molar-refractivity contribution in [2.45, 2.75) is 32.9 Å². The summed E-state index contributed by atoms with van der Waals surface area (Å²) < 4.78 is 0. The van der Waals surface area contributed by atoms with Crippen LogP contribution < -0.4 is 16.4 Å². The Bertz CT molecular complexity index is 461. The van der Waals surface area contributed by atoms with Gasteiger partial charge in [-0.2, -0.15) is 0 Å². The minimum atomic E-state index is -0.0876. The maximum atomic E-state index is 11.6. The Kier molecular flexibility index (Phi) is 5.32. The molecule has 7 heteroatoms. The maximum absolute atomic E-state index is 11.6. The van der Waals surface area contributed by atoms with Crippen LogP contribution in [0.1, 0.15) is 25.8 Å². The van der Waals surface area contributed by atoms with Gasteiger partial charge in [0, 0.05) is 43.6 Å². The van der Waals surface area contributed by atoms with Crippen LogP contribution in [0.15, 0.2) is 12.4 Å². The molecule has 0 spiro atoms. The Balaban J connectivity index is 1.71. The van der Waals surface area contributed by atoms with Crippen molar-refractivity contribution >= 4 is 12.0 Å². The van der Waals surface area contributed by atoms with Crippen molar-refractivity contribution in [2.24, 2.45) is 5.92 Å². The Labute approximate surface area is 125 Å². The second kappa shape index (κ2) is 7.21. The molecule has 0 aliphatic carbocycles. The van der Waals surface area contributed by atoms with Gasteiger partial charge < -0.3 is 16.4 Å². The summed E-state index contributed by atoms with van der Waals surface area (Å²) in [6.07, 6.45) is 4.63. The summed E-state index contributed by atoms with van der Waals surface area (Å²) >= 11 is 0. The van der Waals surface area contributed by atoms with E-state index in [2.05, 4.69) is 25.5 Å². The summed E-state index contributed by atoms with van der Waals surface area (Å²) in [6.45, 7) is 7.45. The number of nitrogens with zero attached hydrogens (tertiary/aromatic N) is 3. The molecule has 1 fully saturated rings. The fourth-order valence-corrected chi connectivity index (χ4v) is 2.48. The molecule has 2 heterocycles. The Morgan fingerprint density at radius 2 is 2.19 bits per heavy atom. The third-order valence-corrected chi connectivity index (χ3v) is 3.47. The van der Waals surface area contributed by atoms with E-state index in [0.717, 1.165) is 31.6 Å². The van der Waals surface area contributed by atoms with Crippen LogP contribution in [-0.2, 0) is 6.54 Å². The highest BCUT2D eigenvalue weighted by atomic mass is 16.2. The monoisotopic (exact) mass is 292 g/mol. The number of anilines is 1. The molecule has 116 valence electrons. The van der Waals surface area contributed by atoms with Gasteiger partial charge in [0.15, 0.2) is 0 Å². The minimum Gasteiger partial charge on any atom is -0.368 e. The van der Waals surface area contributed by atoms with Crippen molar-refractivity contribution in [2.75, 3.05) is 25.4 Å². The van der Waals surface area contributed by atoms with Crippen molar-refractivity contribution in [3.63, 3.8) is 0 Å². The van der Waals surface area contributed by atoms with Crippen LogP contribution in [0.3, 0.4) is 0 Å². The molecule has 1 aromatic heterocycles. The molecule has 0 bridgehead atoms. The molecule has 0 saturated carbocycles. The number of amides is 2. The first kappa shape index (κ1) is 15.5. The SMILES string of the molecule is CC(C)NC(=O)NC[C@@H]1CCN(Cc2cnc(N)nc2)C1. The van der Waals surface area contributed by atoms with Gasteiger partial charge in [0.2, 0.25) is 5.95 Å². The average Bonchev–Trinajstić information content (AvgIpc) is 2.86. The molecule has 2 rings (SSSR count). The van der Waals surface area contributed by atoms with Gasteiger partial charge in [-0.25, -0.2) is 14.8 Å². The van der Waals surface area contributed by atoms with Crippen LogP contribution in [0, 0.1) is 5.92 Å². The summed E-state index contributed by atoms with van der Waals surface area (Å²) in [5.41, 5.74) is 6.54. The standard InChI is InChI=1S/C14H24N6O/c1-10(2)19-14(21)18-5-11-3-4-20(8-11)9-12-6-16-13(15)17-7-12/h6-7,10-11H,3-5,8-9H2,1-2H3,(H2,15,16,17)(H2,18,19,21)/t11-/m0/s1. The molecule has 1 aliphatic rings. The lowest BCUT2D eigenvalue weighted by atomic mass is 10.1. The van der Waals surface area contributed by atoms with Crippen LogP contribution in [0.2, 0.25) is 0 Å². The van der Waals surface area contributed by atoms with Crippen molar-refractivity contribution in [3.05, 3.63) is 18.0 Å². The van der Waals surface area contributed by atoms with Crippen LogP contribution in [0.5, 0.6) is 0 Å². The van der Waals surface area contributed by atoms with Crippen LogP contribution in [0.4, 0.5) is 10.7 Å². The number of nitrogen functional groups attached to an aromatic ring is 1. The van der Waals surface area contributed by atoms with E-state index >= 15 is 0 Å². The van der Waals surface area contributed by atoms with E-state index in [1.165, 1.54) is 0 Å². The van der Waals surface area contributed by atoms with Crippen molar-refractivity contribution in [3.8, 4) is 0 Å². The average molecular weight is 292 g/mol. The highest BCUT2D eigenvalue weighted by Gasteiger charge is 2.23. The van der Waals surface area contributed by atoms with E-state index in [-0.39, 0.29) is 12.1 Å². The van der Waals surface area contributed by atoms with Gasteiger partial charge in [-0.1, -0.05) is 0 Å². The Morgan fingerprint density at radius 1 is 1.48 bits per heavy atom. The summed E-state index contributed by atoms with van der Waals surface area (Å²) in [7, 11) is 0. The number of likely N-dealkylation sites (tertiary alicyclic amines) is 1. The van der Waals surface area contributed by atoms with Crippen LogP contribution in [0.25, 0.3) is 0 Å². The van der Waals surface area contributed by atoms with Gasteiger partial charge >= 0.3 is 6.03 Å². The predicted octanol–water partition coefficient (Wildman–Crippen LogP) is 0.588. The highest BCUT2D eigenvalue weighted by Crippen LogP contribution is 2.17. The molecule has 7 nitrogen and oxygen atoms in total. The summed E-state index contributed by atoms with van der Waals surface area (Å²) in [5.74, 6) is 0.802. The summed E-state index contributed by atoms with van der Waals surface area (Å²) in [5, 5.41) is 5.76. The zero-order chi connectivity index (χ0) is 15.2.